The number of hydrogen-bond acceptors (Lipinski definition) is 4. The van der Waals surface area contributed by atoms with E-state index in [0.29, 0.717) is 18.7 Å². The second-order valence-corrected chi connectivity index (χ2v) is 7.98. The van der Waals surface area contributed by atoms with Gasteiger partial charge in [-0.15, -0.1) is 11.8 Å². The van der Waals surface area contributed by atoms with Crippen LogP contribution in [-0.2, 0) is 9.59 Å². The number of aliphatic hydroxyl groups is 1. The molecule has 3 aliphatic rings. The molecule has 21 heavy (non-hydrogen) atoms. The summed E-state index contributed by atoms with van der Waals surface area (Å²) in [4.78, 5) is 28.6. The third kappa shape index (κ3) is 2.57. The van der Waals surface area contributed by atoms with Gasteiger partial charge >= 0.3 is 0 Å². The second-order valence-electron chi connectivity index (χ2n) is 6.48. The molecule has 0 saturated carbocycles. The maximum atomic E-state index is 13.0. The van der Waals surface area contributed by atoms with E-state index in [1.165, 1.54) is 0 Å². The smallest absolute Gasteiger partial charge is 0.246 e. The highest BCUT2D eigenvalue weighted by molar-refractivity contribution is 8.01. The normalized spacial score (nSPS) is 36.8. The van der Waals surface area contributed by atoms with Gasteiger partial charge in [0.15, 0.2) is 0 Å². The number of fused-ring (bicyclic) bond motifs is 1. The first-order valence-corrected chi connectivity index (χ1v) is 8.93. The molecule has 0 aliphatic carbocycles. The first-order valence-electron chi connectivity index (χ1n) is 7.94. The van der Waals surface area contributed by atoms with Gasteiger partial charge in [-0.1, -0.05) is 12.8 Å². The van der Waals surface area contributed by atoms with Gasteiger partial charge in [0.25, 0.3) is 0 Å². The summed E-state index contributed by atoms with van der Waals surface area (Å²) in [6, 6.07) is -0.406. The summed E-state index contributed by atoms with van der Waals surface area (Å²) in [7, 11) is 0. The van der Waals surface area contributed by atoms with Crippen molar-refractivity contribution in [2.24, 2.45) is 0 Å². The summed E-state index contributed by atoms with van der Waals surface area (Å²) in [6.07, 6.45) is 5.43. The van der Waals surface area contributed by atoms with Gasteiger partial charge in [0, 0.05) is 18.7 Å². The summed E-state index contributed by atoms with van der Waals surface area (Å²) in [5, 5.41) is 9.59. The minimum absolute atomic E-state index is 0.0246. The number of aliphatic hydroxyl groups excluding tert-OH is 1. The van der Waals surface area contributed by atoms with Gasteiger partial charge in [-0.05, 0) is 26.2 Å². The van der Waals surface area contributed by atoms with Crippen LogP contribution in [0.25, 0.3) is 0 Å². The van der Waals surface area contributed by atoms with Gasteiger partial charge in [0.2, 0.25) is 11.8 Å². The molecule has 5 nitrogen and oxygen atoms in total. The predicted molar refractivity (Wildman–Crippen MR) is 81.8 cm³/mol. The highest BCUT2D eigenvalue weighted by atomic mass is 32.2. The van der Waals surface area contributed by atoms with E-state index >= 15 is 0 Å². The van der Waals surface area contributed by atoms with Crippen LogP contribution in [0.2, 0.25) is 0 Å². The van der Waals surface area contributed by atoms with E-state index in [1.54, 1.807) is 11.8 Å². The zero-order valence-corrected chi connectivity index (χ0v) is 13.4. The first-order chi connectivity index (χ1) is 10.1. The average Bonchev–Trinajstić information content (AvgIpc) is 2.84. The van der Waals surface area contributed by atoms with Crippen LogP contribution in [0.15, 0.2) is 0 Å². The molecule has 0 spiro atoms. The molecular formula is C15H24N2O3S. The average molecular weight is 312 g/mol. The molecule has 0 radical (unpaired) electrons. The largest absolute Gasteiger partial charge is 0.394 e. The third-order valence-corrected chi connectivity index (χ3v) is 6.61. The van der Waals surface area contributed by atoms with E-state index in [4.69, 9.17) is 0 Å². The molecule has 2 amide bonds. The quantitative estimate of drug-likeness (QED) is 0.832. The van der Waals surface area contributed by atoms with Crippen LogP contribution in [0.1, 0.15) is 45.4 Å². The van der Waals surface area contributed by atoms with E-state index in [9.17, 15) is 14.7 Å². The minimum atomic E-state index is -0.331. The fraction of sp³-hybridized carbons (Fsp3) is 0.867. The number of nitrogens with zero attached hydrogens (tertiary/aromatic N) is 2. The topological polar surface area (TPSA) is 60.9 Å². The lowest BCUT2D eigenvalue weighted by molar-refractivity contribution is -0.145. The van der Waals surface area contributed by atoms with Gasteiger partial charge in [0.1, 0.15) is 6.04 Å². The third-order valence-electron chi connectivity index (χ3n) is 5.10. The molecule has 3 heterocycles. The fourth-order valence-corrected chi connectivity index (χ4v) is 5.28. The lowest BCUT2D eigenvalue weighted by atomic mass is 10.1. The van der Waals surface area contributed by atoms with Crippen LogP contribution in [-0.4, -0.2) is 62.6 Å². The van der Waals surface area contributed by atoms with E-state index in [0.717, 1.165) is 32.1 Å². The molecule has 3 unspecified atom stereocenters. The zero-order valence-electron chi connectivity index (χ0n) is 12.6. The Bertz CT molecular complexity index is 445. The molecule has 0 aromatic carbocycles. The van der Waals surface area contributed by atoms with Crippen LogP contribution >= 0.6 is 11.8 Å². The SMILES string of the molecule is CC12CCC(=O)N1C(C(=O)N1CCCCCC1CO)CS2. The molecule has 3 fully saturated rings. The van der Waals surface area contributed by atoms with E-state index in [-0.39, 0.29) is 35.4 Å². The van der Waals surface area contributed by atoms with Crippen LogP contribution in [0.4, 0.5) is 0 Å². The van der Waals surface area contributed by atoms with Crippen molar-refractivity contribution in [1.82, 2.24) is 9.80 Å². The monoisotopic (exact) mass is 312 g/mol. The number of likely N-dealkylation sites (tertiary alicyclic amines) is 1. The van der Waals surface area contributed by atoms with Crippen molar-refractivity contribution in [1.29, 1.82) is 0 Å². The Hall–Kier alpha value is -0.750. The van der Waals surface area contributed by atoms with E-state index in [2.05, 4.69) is 6.92 Å². The molecular weight excluding hydrogens is 288 g/mol. The number of amides is 2. The van der Waals surface area contributed by atoms with Crippen molar-refractivity contribution >= 4 is 23.6 Å². The Kier molecular flexibility index (Phi) is 4.19. The summed E-state index contributed by atoms with van der Waals surface area (Å²) in [5.41, 5.74) is 0. The molecule has 3 rings (SSSR count). The molecule has 1 N–H and O–H groups in total. The molecule has 0 bridgehead atoms. The molecule has 118 valence electrons. The Morgan fingerprint density at radius 2 is 2.24 bits per heavy atom. The standard InChI is InChI=1S/C15H24N2O3S/c1-15-7-6-13(19)17(15)12(10-21-15)14(20)16-8-4-2-3-5-11(16)9-18/h11-12,18H,2-10H2,1H3. The Balaban J connectivity index is 1.79. The molecule has 3 aliphatic heterocycles. The van der Waals surface area contributed by atoms with Crippen LogP contribution in [0.3, 0.4) is 0 Å². The summed E-state index contributed by atoms with van der Waals surface area (Å²) >= 11 is 1.73. The highest BCUT2D eigenvalue weighted by Crippen LogP contribution is 2.47. The van der Waals surface area contributed by atoms with Crippen molar-refractivity contribution in [2.45, 2.75) is 62.4 Å². The Morgan fingerprint density at radius 1 is 1.43 bits per heavy atom. The number of carbonyl (C=O) groups is 2. The number of carbonyl (C=O) groups excluding carboxylic acids is 2. The fourth-order valence-electron chi connectivity index (χ4n) is 3.85. The van der Waals surface area contributed by atoms with Crippen molar-refractivity contribution in [2.75, 3.05) is 18.9 Å². The second kappa shape index (κ2) is 5.80. The maximum Gasteiger partial charge on any atom is 0.246 e. The molecule has 0 aromatic heterocycles. The van der Waals surface area contributed by atoms with Crippen molar-refractivity contribution in [3.63, 3.8) is 0 Å². The first kappa shape index (κ1) is 15.2. The van der Waals surface area contributed by atoms with E-state index in [1.807, 2.05) is 9.80 Å². The van der Waals surface area contributed by atoms with Crippen LogP contribution < -0.4 is 0 Å². The maximum absolute atomic E-state index is 13.0. The zero-order chi connectivity index (χ0) is 15.0. The van der Waals surface area contributed by atoms with Gasteiger partial charge in [-0.25, -0.2) is 0 Å². The predicted octanol–water partition coefficient (Wildman–Crippen LogP) is 1.20. The van der Waals surface area contributed by atoms with Gasteiger partial charge < -0.3 is 14.9 Å². The van der Waals surface area contributed by atoms with Gasteiger partial charge in [0.05, 0.1) is 17.5 Å². The lowest BCUT2D eigenvalue weighted by Crippen LogP contribution is -2.54. The molecule has 3 saturated heterocycles. The van der Waals surface area contributed by atoms with Gasteiger partial charge in [-0.3, -0.25) is 9.59 Å². The molecule has 3 atom stereocenters. The van der Waals surface area contributed by atoms with Crippen molar-refractivity contribution in [3.05, 3.63) is 0 Å². The van der Waals surface area contributed by atoms with E-state index < -0.39 is 0 Å². The van der Waals surface area contributed by atoms with Crippen LogP contribution in [0, 0.1) is 0 Å². The Labute approximate surface area is 130 Å². The number of rotatable bonds is 2. The number of thioether (sulfide) groups is 1. The molecule has 0 aromatic rings. The van der Waals surface area contributed by atoms with Crippen molar-refractivity contribution < 1.29 is 14.7 Å². The summed E-state index contributed by atoms with van der Waals surface area (Å²) < 4.78 is 0. The Morgan fingerprint density at radius 3 is 3.00 bits per heavy atom. The molecule has 6 heteroatoms. The van der Waals surface area contributed by atoms with Crippen molar-refractivity contribution in [3.8, 4) is 0 Å². The van der Waals surface area contributed by atoms with Gasteiger partial charge in [-0.2, -0.15) is 0 Å². The number of hydrogen-bond donors (Lipinski definition) is 1. The summed E-state index contributed by atoms with van der Waals surface area (Å²) in [5.74, 6) is 0.842. The lowest BCUT2D eigenvalue weighted by Gasteiger charge is -2.35. The highest BCUT2D eigenvalue weighted by Gasteiger charge is 2.53. The minimum Gasteiger partial charge on any atom is -0.394 e. The summed E-state index contributed by atoms with van der Waals surface area (Å²) in [6.45, 7) is 2.81. The van der Waals surface area contributed by atoms with Crippen LogP contribution in [0.5, 0.6) is 0 Å².